The molecular formula is C7H22Si3. The van der Waals surface area contributed by atoms with E-state index in [0.717, 1.165) is 0 Å². The minimum Gasteiger partial charge on any atom is -0.0750 e. The van der Waals surface area contributed by atoms with Gasteiger partial charge in [-0.15, -0.1) is 0 Å². The highest BCUT2D eigenvalue weighted by Gasteiger charge is 2.20. The molecule has 0 rings (SSSR count). The molecule has 0 aromatic heterocycles. The van der Waals surface area contributed by atoms with Crippen LogP contribution in [0.3, 0.4) is 0 Å². The third-order valence-corrected chi connectivity index (χ3v) is 17.0. The summed E-state index contributed by atoms with van der Waals surface area (Å²) in [6, 6.07) is 0. The Hall–Kier alpha value is 0.651. The molecule has 0 unspecified atom stereocenters. The van der Waals surface area contributed by atoms with Crippen LogP contribution in [0.1, 0.15) is 0 Å². The lowest BCUT2D eigenvalue weighted by atomic mass is 11.7. The van der Waals surface area contributed by atoms with Crippen LogP contribution < -0.4 is 0 Å². The van der Waals surface area contributed by atoms with Gasteiger partial charge in [-0.05, 0) is 0 Å². The first-order chi connectivity index (χ1) is 4.48. The molecule has 0 radical (unpaired) electrons. The van der Waals surface area contributed by atoms with E-state index in [1.54, 1.807) is 11.3 Å². The fourth-order valence-electron chi connectivity index (χ4n) is 1.88. The monoisotopic (exact) mass is 190 g/mol. The largest absolute Gasteiger partial charge is 0.0750 e. The van der Waals surface area contributed by atoms with E-state index in [1.165, 1.54) is 0 Å². The molecule has 0 aliphatic heterocycles. The van der Waals surface area contributed by atoms with Crippen LogP contribution >= 0.6 is 0 Å². The van der Waals surface area contributed by atoms with Crippen molar-refractivity contribution in [2.75, 3.05) is 0 Å². The first-order valence-corrected chi connectivity index (χ1v) is 13.4. The van der Waals surface area contributed by atoms with Gasteiger partial charge in [-0.3, -0.25) is 0 Å². The van der Waals surface area contributed by atoms with Gasteiger partial charge in [-0.25, -0.2) is 0 Å². The Morgan fingerprint density at radius 3 is 2.10 bits per heavy atom. The van der Waals surface area contributed by atoms with E-state index in [1.807, 2.05) is 0 Å². The van der Waals surface area contributed by atoms with E-state index < -0.39 is 8.07 Å². The maximum atomic E-state index is 2.58. The Balaban J connectivity index is 3.63. The van der Waals surface area contributed by atoms with Gasteiger partial charge in [-0.1, -0.05) is 44.1 Å². The molecule has 10 heavy (non-hydrogen) atoms. The van der Waals surface area contributed by atoms with Crippen LogP contribution in [0.2, 0.25) is 44.1 Å². The molecule has 0 heterocycles. The molecule has 0 aliphatic rings. The first-order valence-electron chi connectivity index (χ1n) is 4.48. The molecule has 0 fully saturated rings. The molecule has 0 aromatic rings. The predicted octanol–water partition coefficient (Wildman–Crippen LogP) is 1.90. The van der Waals surface area contributed by atoms with Gasteiger partial charge < -0.3 is 0 Å². The molecule has 0 aliphatic carbocycles. The van der Waals surface area contributed by atoms with Crippen molar-refractivity contribution in [1.29, 1.82) is 0 Å². The van der Waals surface area contributed by atoms with Crippen molar-refractivity contribution in [3.63, 3.8) is 0 Å². The highest BCUT2D eigenvalue weighted by Crippen LogP contribution is 2.15. The summed E-state index contributed by atoms with van der Waals surface area (Å²) in [4.78, 5) is 0. The maximum absolute atomic E-state index is 2.58. The van der Waals surface area contributed by atoms with Gasteiger partial charge in [0.05, 0.1) is 0 Å². The fraction of sp³-hybridized carbons (Fsp3) is 1.00. The molecule has 62 valence electrons. The molecule has 0 saturated heterocycles. The van der Waals surface area contributed by atoms with Gasteiger partial charge in [0.15, 0.2) is 0 Å². The molecule has 0 saturated carbocycles. The lowest BCUT2D eigenvalue weighted by molar-refractivity contribution is 1.54. The van der Waals surface area contributed by atoms with Crippen molar-refractivity contribution in [2.45, 2.75) is 44.1 Å². The average Bonchev–Trinajstić information content (AvgIpc) is 1.59. The van der Waals surface area contributed by atoms with E-state index >= 15 is 0 Å². The normalized spacial score (nSPS) is 13.8. The van der Waals surface area contributed by atoms with Crippen LogP contribution in [0.4, 0.5) is 0 Å². The summed E-state index contributed by atoms with van der Waals surface area (Å²) in [5, 5.41) is 0. The van der Waals surface area contributed by atoms with Crippen molar-refractivity contribution in [2.24, 2.45) is 0 Å². The molecule has 0 atom stereocenters. The topological polar surface area (TPSA) is 0 Å². The fourth-order valence-corrected chi connectivity index (χ4v) is 18.8. The molecule has 0 bridgehead atoms. The second-order valence-corrected chi connectivity index (χ2v) is 16.3. The first kappa shape index (κ1) is 10.7. The van der Waals surface area contributed by atoms with Gasteiger partial charge in [-0.2, -0.15) is 0 Å². The summed E-state index contributed by atoms with van der Waals surface area (Å²) in [7, 11) is -0.535. The SMILES string of the molecule is C[SiH2]C[Si](C)(C)C[SiH](C)C. The summed E-state index contributed by atoms with van der Waals surface area (Å²) in [6.45, 7) is 12.6. The van der Waals surface area contributed by atoms with Crippen molar-refractivity contribution in [3.8, 4) is 0 Å². The van der Waals surface area contributed by atoms with Crippen molar-refractivity contribution >= 4 is 26.4 Å². The van der Waals surface area contributed by atoms with Crippen molar-refractivity contribution in [1.82, 2.24) is 0 Å². The summed E-state index contributed by atoms with van der Waals surface area (Å²) in [6.07, 6.45) is 0. The molecule has 0 N–H and O–H groups in total. The smallest absolute Gasteiger partial charge is 0.0413 e. The van der Waals surface area contributed by atoms with Gasteiger partial charge in [0.25, 0.3) is 0 Å². The summed E-state index contributed by atoms with van der Waals surface area (Å²) in [5.74, 6) is 0. The number of rotatable bonds is 4. The van der Waals surface area contributed by atoms with Gasteiger partial charge in [0.1, 0.15) is 0 Å². The van der Waals surface area contributed by atoms with Crippen LogP contribution in [0.5, 0.6) is 0 Å². The summed E-state index contributed by atoms with van der Waals surface area (Å²) in [5.41, 5.74) is 3.35. The van der Waals surface area contributed by atoms with E-state index in [9.17, 15) is 0 Å². The number of hydrogen-bond acceptors (Lipinski definition) is 0. The molecule has 0 amide bonds. The number of hydrogen-bond donors (Lipinski definition) is 0. The molecule has 0 nitrogen and oxygen atoms in total. The Morgan fingerprint density at radius 2 is 1.80 bits per heavy atom. The van der Waals surface area contributed by atoms with Gasteiger partial charge >= 0.3 is 0 Å². The predicted molar refractivity (Wildman–Crippen MR) is 60.4 cm³/mol. The van der Waals surface area contributed by atoms with Gasteiger partial charge in [0.2, 0.25) is 0 Å². The second-order valence-electron chi connectivity index (χ2n) is 4.51. The summed E-state index contributed by atoms with van der Waals surface area (Å²) >= 11 is 0. The van der Waals surface area contributed by atoms with E-state index in [0.29, 0.717) is 9.52 Å². The van der Waals surface area contributed by atoms with Crippen LogP contribution in [0.15, 0.2) is 0 Å². The highest BCUT2D eigenvalue weighted by molar-refractivity contribution is 6.91. The molecule has 3 heteroatoms. The van der Waals surface area contributed by atoms with Crippen LogP contribution in [0.25, 0.3) is 0 Å². The van der Waals surface area contributed by atoms with Crippen LogP contribution in [-0.4, -0.2) is 26.4 Å². The quantitative estimate of drug-likeness (QED) is 0.594. The van der Waals surface area contributed by atoms with Crippen LogP contribution in [-0.2, 0) is 0 Å². The Bertz CT molecular complexity index is 88.9. The second kappa shape index (κ2) is 4.51. The third kappa shape index (κ3) is 5.44. The highest BCUT2D eigenvalue weighted by atomic mass is 28.4. The van der Waals surface area contributed by atoms with Crippen LogP contribution in [0, 0.1) is 0 Å². The Kier molecular flexibility index (Phi) is 4.81. The van der Waals surface area contributed by atoms with E-state index in [4.69, 9.17) is 0 Å². The maximum Gasteiger partial charge on any atom is 0.0413 e. The zero-order chi connectivity index (χ0) is 8.20. The van der Waals surface area contributed by atoms with E-state index in [-0.39, 0.29) is 8.80 Å². The minimum atomic E-state index is -0.643. The lowest BCUT2D eigenvalue weighted by Gasteiger charge is -2.22. The third-order valence-electron chi connectivity index (χ3n) is 1.89. The average molecular weight is 191 g/mol. The summed E-state index contributed by atoms with van der Waals surface area (Å²) < 4.78 is 0. The zero-order valence-corrected chi connectivity index (χ0v) is 11.8. The Labute approximate surface area is 70.9 Å². The molecule has 0 spiro atoms. The zero-order valence-electron chi connectivity index (χ0n) is 8.20. The molecular weight excluding hydrogens is 168 g/mol. The van der Waals surface area contributed by atoms with Gasteiger partial charge in [0, 0.05) is 26.4 Å². The minimum absolute atomic E-state index is 0.243. The Morgan fingerprint density at radius 1 is 1.30 bits per heavy atom. The van der Waals surface area contributed by atoms with Crippen molar-refractivity contribution < 1.29 is 0 Å². The lowest BCUT2D eigenvalue weighted by Crippen LogP contribution is -2.31. The molecule has 0 aromatic carbocycles. The van der Waals surface area contributed by atoms with Crippen molar-refractivity contribution in [3.05, 3.63) is 0 Å². The van der Waals surface area contributed by atoms with E-state index in [2.05, 4.69) is 32.7 Å². The standard InChI is InChI=1S/C7H22Si3/c1-8-6-10(4,5)7-9(2)3/h9H,6-8H2,1-5H3.